The average molecular weight is 224 g/mol. The largest absolute Gasteiger partial charge is 0.319 e. The molecule has 0 spiro atoms. The molecule has 0 aromatic rings. The molecule has 0 saturated heterocycles. The Morgan fingerprint density at radius 1 is 1.19 bits per heavy atom. The zero-order valence-electron chi connectivity index (χ0n) is 11.3. The van der Waals surface area contributed by atoms with Crippen molar-refractivity contribution < 1.29 is 0 Å². The summed E-state index contributed by atoms with van der Waals surface area (Å²) in [6, 6.07) is 0.820. The van der Waals surface area contributed by atoms with Gasteiger partial charge in [-0.1, -0.05) is 19.3 Å². The first-order chi connectivity index (χ1) is 7.69. The van der Waals surface area contributed by atoms with E-state index in [0.29, 0.717) is 5.41 Å². The molecule has 0 aromatic heterocycles. The van der Waals surface area contributed by atoms with Crippen molar-refractivity contribution in [3.05, 3.63) is 0 Å². The summed E-state index contributed by atoms with van der Waals surface area (Å²) in [5, 5.41) is 3.42. The van der Waals surface area contributed by atoms with E-state index in [0.717, 1.165) is 12.0 Å². The van der Waals surface area contributed by atoms with Crippen molar-refractivity contribution in [1.82, 2.24) is 10.2 Å². The predicted octanol–water partition coefficient (Wildman–Crippen LogP) is 2.50. The Kier molecular flexibility index (Phi) is 3.91. The molecule has 0 radical (unpaired) electrons. The van der Waals surface area contributed by atoms with Crippen molar-refractivity contribution in [1.29, 1.82) is 0 Å². The molecular weight excluding hydrogens is 196 g/mol. The quantitative estimate of drug-likeness (QED) is 0.772. The highest BCUT2D eigenvalue weighted by molar-refractivity contribution is 5.06. The third kappa shape index (κ3) is 2.43. The highest BCUT2D eigenvalue weighted by Crippen LogP contribution is 2.53. The zero-order chi connectivity index (χ0) is 11.6. The van der Waals surface area contributed by atoms with E-state index < -0.39 is 0 Å². The van der Waals surface area contributed by atoms with Crippen molar-refractivity contribution in [3.63, 3.8) is 0 Å². The van der Waals surface area contributed by atoms with Gasteiger partial charge in [-0.3, -0.25) is 0 Å². The van der Waals surface area contributed by atoms with Crippen molar-refractivity contribution in [2.75, 3.05) is 27.7 Å². The standard InChI is InChI=1S/C14H28N2/c1-15-11-14(9-10-14)13(16(2)3)12-7-5-4-6-8-12/h12-13,15H,4-11H2,1-3H3. The van der Waals surface area contributed by atoms with E-state index >= 15 is 0 Å². The molecule has 0 bridgehead atoms. The molecule has 2 saturated carbocycles. The van der Waals surface area contributed by atoms with Crippen molar-refractivity contribution in [2.24, 2.45) is 11.3 Å². The van der Waals surface area contributed by atoms with Crippen LogP contribution in [-0.4, -0.2) is 38.6 Å². The Balaban J connectivity index is 2.04. The molecule has 2 nitrogen and oxygen atoms in total. The highest BCUT2D eigenvalue weighted by atomic mass is 15.1. The summed E-state index contributed by atoms with van der Waals surface area (Å²) in [6.07, 6.45) is 10.2. The monoisotopic (exact) mass is 224 g/mol. The fourth-order valence-corrected chi connectivity index (χ4v) is 4.01. The minimum Gasteiger partial charge on any atom is -0.319 e. The molecule has 1 unspecified atom stereocenters. The Bertz CT molecular complexity index is 215. The van der Waals surface area contributed by atoms with Crippen LogP contribution in [0.2, 0.25) is 0 Å². The van der Waals surface area contributed by atoms with Crippen LogP contribution in [-0.2, 0) is 0 Å². The van der Waals surface area contributed by atoms with Gasteiger partial charge in [0, 0.05) is 12.6 Å². The summed E-state index contributed by atoms with van der Waals surface area (Å²) in [5.41, 5.74) is 0.611. The predicted molar refractivity (Wildman–Crippen MR) is 69.6 cm³/mol. The van der Waals surface area contributed by atoms with E-state index in [4.69, 9.17) is 0 Å². The molecule has 0 aliphatic heterocycles. The van der Waals surface area contributed by atoms with Crippen LogP contribution in [0, 0.1) is 11.3 Å². The van der Waals surface area contributed by atoms with Gasteiger partial charge in [-0.25, -0.2) is 0 Å². The molecule has 2 heteroatoms. The van der Waals surface area contributed by atoms with Gasteiger partial charge in [-0.05, 0) is 58.2 Å². The topological polar surface area (TPSA) is 15.3 Å². The normalized spacial score (nSPS) is 27.0. The summed E-state index contributed by atoms with van der Waals surface area (Å²) < 4.78 is 0. The second-order valence-corrected chi connectivity index (χ2v) is 6.20. The lowest BCUT2D eigenvalue weighted by Gasteiger charge is -2.40. The van der Waals surface area contributed by atoms with Crippen LogP contribution < -0.4 is 5.32 Å². The van der Waals surface area contributed by atoms with Crippen LogP contribution in [0.5, 0.6) is 0 Å². The molecule has 94 valence electrons. The third-order valence-corrected chi connectivity index (χ3v) is 4.70. The van der Waals surface area contributed by atoms with Crippen molar-refractivity contribution in [3.8, 4) is 0 Å². The minimum absolute atomic E-state index is 0.611. The Morgan fingerprint density at radius 2 is 1.81 bits per heavy atom. The molecule has 2 aliphatic carbocycles. The molecule has 1 atom stereocenters. The van der Waals surface area contributed by atoms with E-state index in [1.165, 1.54) is 51.5 Å². The third-order valence-electron chi connectivity index (χ3n) is 4.70. The SMILES string of the molecule is CNCC1(C(C2CCCCC2)N(C)C)CC1. The second-order valence-electron chi connectivity index (χ2n) is 6.20. The first-order valence-electron chi connectivity index (χ1n) is 7.01. The number of hydrogen-bond donors (Lipinski definition) is 1. The molecule has 0 heterocycles. The van der Waals surface area contributed by atoms with Crippen molar-refractivity contribution in [2.45, 2.75) is 51.0 Å². The van der Waals surface area contributed by atoms with Gasteiger partial charge in [0.2, 0.25) is 0 Å². The van der Waals surface area contributed by atoms with Crippen LogP contribution in [0.15, 0.2) is 0 Å². The van der Waals surface area contributed by atoms with Crippen LogP contribution in [0.25, 0.3) is 0 Å². The fourth-order valence-electron chi connectivity index (χ4n) is 4.01. The molecule has 0 aromatic carbocycles. The highest BCUT2D eigenvalue weighted by Gasteiger charge is 2.52. The first-order valence-corrected chi connectivity index (χ1v) is 7.01. The minimum atomic E-state index is 0.611. The van der Waals surface area contributed by atoms with Crippen LogP contribution in [0.3, 0.4) is 0 Å². The molecule has 2 fully saturated rings. The van der Waals surface area contributed by atoms with E-state index in [9.17, 15) is 0 Å². The number of hydrogen-bond acceptors (Lipinski definition) is 2. The number of nitrogens with zero attached hydrogens (tertiary/aromatic N) is 1. The van der Waals surface area contributed by atoms with Gasteiger partial charge in [-0.15, -0.1) is 0 Å². The zero-order valence-corrected chi connectivity index (χ0v) is 11.3. The lowest BCUT2D eigenvalue weighted by atomic mass is 9.76. The Labute approximate surface area is 101 Å². The average Bonchev–Trinajstić information content (AvgIpc) is 3.00. The Morgan fingerprint density at radius 3 is 2.25 bits per heavy atom. The van der Waals surface area contributed by atoms with Gasteiger partial charge in [0.25, 0.3) is 0 Å². The smallest absolute Gasteiger partial charge is 0.0186 e. The molecule has 2 aliphatic rings. The van der Waals surface area contributed by atoms with E-state index in [1.807, 2.05) is 0 Å². The maximum Gasteiger partial charge on any atom is 0.0186 e. The van der Waals surface area contributed by atoms with Gasteiger partial charge in [0.05, 0.1) is 0 Å². The van der Waals surface area contributed by atoms with E-state index in [2.05, 4.69) is 31.4 Å². The van der Waals surface area contributed by atoms with Crippen LogP contribution in [0.1, 0.15) is 44.9 Å². The number of nitrogens with one attached hydrogen (secondary N) is 1. The van der Waals surface area contributed by atoms with Gasteiger partial charge in [0.1, 0.15) is 0 Å². The molecular formula is C14H28N2. The summed E-state index contributed by atoms with van der Waals surface area (Å²) >= 11 is 0. The molecule has 16 heavy (non-hydrogen) atoms. The fraction of sp³-hybridized carbons (Fsp3) is 1.00. The summed E-state index contributed by atoms with van der Waals surface area (Å²) in [6.45, 7) is 1.21. The summed E-state index contributed by atoms with van der Waals surface area (Å²) in [4.78, 5) is 2.51. The van der Waals surface area contributed by atoms with Gasteiger partial charge >= 0.3 is 0 Å². The Hall–Kier alpha value is -0.0800. The summed E-state index contributed by atoms with van der Waals surface area (Å²) in [7, 11) is 6.68. The van der Waals surface area contributed by atoms with Gasteiger partial charge in [0.15, 0.2) is 0 Å². The van der Waals surface area contributed by atoms with Gasteiger partial charge in [-0.2, -0.15) is 0 Å². The van der Waals surface area contributed by atoms with E-state index in [1.54, 1.807) is 0 Å². The van der Waals surface area contributed by atoms with E-state index in [-0.39, 0.29) is 0 Å². The lowest BCUT2D eigenvalue weighted by Crippen LogP contribution is -2.46. The maximum absolute atomic E-state index is 3.42. The first kappa shape index (κ1) is 12.4. The molecule has 2 rings (SSSR count). The second kappa shape index (κ2) is 5.05. The maximum atomic E-state index is 3.42. The van der Waals surface area contributed by atoms with Crippen LogP contribution in [0.4, 0.5) is 0 Å². The van der Waals surface area contributed by atoms with Crippen LogP contribution >= 0.6 is 0 Å². The molecule has 0 amide bonds. The van der Waals surface area contributed by atoms with Gasteiger partial charge < -0.3 is 10.2 Å². The molecule has 1 N–H and O–H groups in total. The summed E-state index contributed by atoms with van der Waals surface area (Å²) in [5.74, 6) is 0.958. The number of rotatable bonds is 5. The lowest BCUT2D eigenvalue weighted by molar-refractivity contribution is 0.0992. The van der Waals surface area contributed by atoms with Crippen molar-refractivity contribution >= 4 is 0 Å².